The normalized spacial score (nSPS) is 14.4. The largest absolute Gasteiger partial charge is 0.220 e. The van der Waals surface area contributed by atoms with E-state index in [9.17, 15) is 0 Å². The van der Waals surface area contributed by atoms with Gasteiger partial charge in [-0.3, -0.25) is 0 Å². The molecule has 14 rings (SSSR count). The SMILES string of the molecule is [2H]c1c(C)[n+](C)c(-c2cc(C(C)(C)C)cc(C)c2C)c2ccc(CC(C)C)cc12.[2H]c1c(C)[n+](C)c(-c2cc(C3CCCC3)cc(C)c2C)c2ccc(CC(C)C)cc12.[2H]c1c(C)[n+](C)c(-c2cc(C3CCCC3)ccc2C)c2ccc(CC(C)C)cc12.[2H]c1c([2H])[n+](C)c(-c2cc(C(C)(C)C)cc(C(C)(C)C)c2C)c2ccc(CC(C)C)cc12. The molecule has 2 saturated carbocycles. The van der Waals surface area contributed by atoms with Gasteiger partial charge in [0.2, 0.25) is 22.8 Å². The number of nitrogens with zero attached hydrogens (tertiary/aromatic N) is 4. The molecule has 0 atom stereocenters. The molecule has 4 nitrogen and oxygen atoms in total. The van der Waals surface area contributed by atoms with Gasteiger partial charge in [0.25, 0.3) is 0 Å². The van der Waals surface area contributed by atoms with Crippen molar-refractivity contribution in [2.75, 3.05) is 0 Å². The lowest BCUT2D eigenvalue weighted by Gasteiger charge is -2.28. The molecule has 0 saturated heterocycles. The third kappa shape index (κ3) is 20.0. The molecule has 4 heteroatoms. The Morgan fingerprint density at radius 2 is 0.678 bits per heavy atom. The molecule has 0 amide bonds. The van der Waals surface area contributed by atoms with Gasteiger partial charge in [0.15, 0.2) is 23.3 Å². The number of fused-ring (bicyclic) bond motifs is 4. The van der Waals surface area contributed by atoms with E-state index in [2.05, 4.69) is 342 Å². The monoisotopic (exact) mass is 1540 g/mol. The zero-order valence-electron chi connectivity index (χ0n) is 81.9. The Bertz CT molecular complexity index is 5850. The molecule has 2 fully saturated rings. The number of hydrogen-bond acceptors (Lipinski definition) is 0. The van der Waals surface area contributed by atoms with Crippen molar-refractivity contribution in [1.82, 2.24) is 0 Å². The summed E-state index contributed by atoms with van der Waals surface area (Å²) in [6, 6.07) is 50.3. The van der Waals surface area contributed by atoms with Crippen molar-refractivity contribution in [3.63, 3.8) is 0 Å². The van der Waals surface area contributed by atoms with Crippen molar-refractivity contribution in [1.29, 1.82) is 0 Å². The second-order valence-electron chi connectivity index (χ2n) is 39.9. The Balaban J connectivity index is 0.000000157. The van der Waals surface area contributed by atoms with Crippen LogP contribution in [0.1, 0.15) is 288 Å². The van der Waals surface area contributed by atoms with Crippen molar-refractivity contribution in [3.8, 4) is 45.0 Å². The van der Waals surface area contributed by atoms with Crippen LogP contribution in [0.15, 0.2) is 158 Å². The molecular weight excluding hydrogens is 1390 g/mol. The third-order valence-electron chi connectivity index (χ3n) is 25.3. The minimum Gasteiger partial charge on any atom is -0.200 e. The number of hydrogen-bond donors (Lipinski definition) is 0. The Labute approximate surface area is 704 Å². The summed E-state index contributed by atoms with van der Waals surface area (Å²) < 4.78 is 52.4. The Morgan fingerprint density at radius 1 is 0.339 bits per heavy atom. The zero-order chi connectivity index (χ0) is 88.1. The molecule has 115 heavy (non-hydrogen) atoms. The van der Waals surface area contributed by atoms with E-state index in [1.165, 1.54) is 190 Å². The molecule has 606 valence electrons. The standard InChI is InChI=1S/C29H40N.C28H36N.C27H34N.C27H36N/c1-19(2)15-21-11-12-24-22(16-21)13-14-30(10)27(24)25-17-23(28(4,5)6)18-26(20(25)3)29(7,8)9;1-18(2)13-22-11-12-26-25(16-22)15-20(4)29(6)28(26)27-17-24(14-19(3)21(27)5)23-9-7-8-10-23;1-18(2)14-21-11-13-25-24(16-21)15-20(4)28(5)27(25)26-17-23(12-10-19(26)3)22-8-6-7-9-22;1-17(2)12-21-10-11-24-22(15-21)14-19(4)28(9)26(24)25-16-23(27(6,7)8)13-18(3)20(25)5/h11-14,16-19H,15H2,1-10H3;11-12,14-18,23H,7-10,13H2,1-6H3;10-13,15-18,22H,6-9,14H2,1-5H3;10-11,13-17H,12H2,1-9H3/q4*+1/i13D,14D;2*15D;14D. The van der Waals surface area contributed by atoms with Gasteiger partial charge in [-0.1, -0.05) is 222 Å². The maximum Gasteiger partial charge on any atom is 0.220 e. The van der Waals surface area contributed by atoms with E-state index in [1.54, 1.807) is 0 Å². The maximum atomic E-state index is 8.82. The first-order valence-corrected chi connectivity index (χ1v) is 43.9. The molecule has 0 unspecified atom stereocenters. The van der Waals surface area contributed by atoms with Crippen molar-refractivity contribution < 1.29 is 25.1 Å². The summed E-state index contributed by atoms with van der Waals surface area (Å²) in [6.07, 6.45) is 15.1. The zero-order valence-corrected chi connectivity index (χ0v) is 76.9. The number of rotatable bonds is 14. The van der Waals surface area contributed by atoms with Crippen molar-refractivity contribution in [2.24, 2.45) is 51.9 Å². The molecule has 0 spiro atoms. The number of benzene rings is 8. The molecule has 12 aromatic rings. The summed E-state index contributed by atoms with van der Waals surface area (Å²) in [7, 11) is 8.27. The smallest absolute Gasteiger partial charge is 0.200 e. The summed E-state index contributed by atoms with van der Waals surface area (Å²) >= 11 is 0. The van der Waals surface area contributed by atoms with E-state index < -0.39 is 0 Å². The number of aromatic nitrogens is 4. The van der Waals surface area contributed by atoms with Crippen LogP contribution in [0.5, 0.6) is 0 Å². The molecule has 2 aliphatic rings. The van der Waals surface area contributed by atoms with Crippen molar-refractivity contribution in [2.45, 2.75) is 285 Å². The van der Waals surface area contributed by atoms with Gasteiger partial charge in [0.1, 0.15) is 29.6 Å². The highest BCUT2D eigenvalue weighted by molar-refractivity contribution is 5.98. The van der Waals surface area contributed by atoms with E-state index in [4.69, 9.17) is 6.85 Å². The molecular formula is C111H146N4+4. The predicted molar refractivity (Wildman–Crippen MR) is 498 cm³/mol. The lowest BCUT2D eigenvalue weighted by molar-refractivity contribution is -0.665. The first-order valence-electron chi connectivity index (χ1n) is 46.4. The summed E-state index contributed by atoms with van der Waals surface area (Å²) in [6.45, 7) is 58.0. The van der Waals surface area contributed by atoms with Crippen molar-refractivity contribution in [3.05, 3.63) is 258 Å². The Hall–Kier alpha value is -8.60. The van der Waals surface area contributed by atoms with Crippen LogP contribution in [0.3, 0.4) is 0 Å². The molecule has 4 heterocycles. The number of aryl methyl sites for hydroxylation is 3. The molecule has 0 bridgehead atoms. The Morgan fingerprint density at radius 3 is 1.07 bits per heavy atom. The lowest BCUT2D eigenvalue weighted by Crippen LogP contribution is -2.35. The fourth-order valence-corrected chi connectivity index (χ4v) is 18.3. The third-order valence-corrected chi connectivity index (χ3v) is 25.3. The van der Waals surface area contributed by atoms with Crippen LogP contribution in [0.25, 0.3) is 88.1 Å². The predicted octanol–water partition coefficient (Wildman–Crippen LogP) is 28.1. The first-order chi connectivity index (χ1) is 56.2. The topological polar surface area (TPSA) is 15.5 Å². The highest BCUT2D eigenvalue weighted by Crippen LogP contribution is 2.44. The van der Waals surface area contributed by atoms with Gasteiger partial charge in [0.05, 0.1) is 43.7 Å². The highest BCUT2D eigenvalue weighted by Gasteiger charge is 2.31. The van der Waals surface area contributed by atoms with Crippen molar-refractivity contribution >= 4 is 43.1 Å². The average molecular weight is 1540 g/mol. The first kappa shape index (κ1) is 80.2. The molecule has 8 aromatic carbocycles. The second kappa shape index (κ2) is 35.7. The Kier molecular flexibility index (Phi) is 24.9. The van der Waals surface area contributed by atoms with Crippen LogP contribution in [-0.4, -0.2) is 0 Å². The fraction of sp³-hybridized carbons (Fsp3) is 0.459. The van der Waals surface area contributed by atoms with Gasteiger partial charge in [-0.15, -0.1) is 0 Å². The van der Waals surface area contributed by atoms with Gasteiger partial charge in [-0.05, 0) is 298 Å². The molecule has 0 radical (unpaired) electrons. The highest BCUT2D eigenvalue weighted by atomic mass is 15.0. The van der Waals surface area contributed by atoms with E-state index in [-0.39, 0.29) is 22.4 Å². The lowest BCUT2D eigenvalue weighted by atomic mass is 9.76. The van der Waals surface area contributed by atoms with Gasteiger partial charge in [-0.2, -0.15) is 13.7 Å². The minimum atomic E-state index is 0.0120. The quantitative estimate of drug-likeness (QED) is 0.0965. The second-order valence-corrected chi connectivity index (χ2v) is 39.9. The van der Waals surface area contributed by atoms with Gasteiger partial charge in [-0.25, -0.2) is 4.57 Å². The molecule has 0 N–H and O–H groups in total. The fourth-order valence-electron chi connectivity index (χ4n) is 18.3. The maximum absolute atomic E-state index is 8.82. The molecule has 0 aliphatic heterocycles. The number of pyridine rings is 4. The van der Waals surface area contributed by atoms with Crippen LogP contribution in [-0.2, 0) is 70.1 Å². The van der Waals surface area contributed by atoms with E-state index in [0.717, 1.165) is 75.4 Å². The van der Waals surface area contributed by atoms with E-state index >= 15 is 0 Å². The van der Waals surface area contributed by atoms with Crippen LogP contribution < -0.4 is 18.3 Å². The van der Waals surface area contributed by atoms with Crippen LogP contribution in [0, 0.1) is 86.0 Å². The van der Waals surface area contributed by atoms with E-state index in [1.807, 2.05) is 11.6 Å². The summed E-state index contributed by atoms with van der Waals surface area (Å²) in [5.41, 5.74) is 33.2. The average Bonchev–Trinajstić information content (AvgIpc) is 1.15. The van der Waals surface area contributed by atoms with Crippen LogP contribution >= 0.6 is 0 Å². The van der Waals surface area contributed by atoms with E-state index in [0.29, 0.717) is 59.7 Å². The van der Waals surface area contributed by atoms with Gasteiger partial charge < -0.3 is 0 Å². The summed E-state index contributed by atoms with van der Waals surface area (Å²) in [5.74, 6) is 3.80. The summed E-state index contributed by atoms with van der Waals surface area (Å²) in [5, 5.41) is 8.72. The molecule has 4 aromatic heterocycles. The summed E-state index contributed by atoms with van der Waals surface area (Å²) in [4.78, 5) is 0. The van der Waals surface area contributed by atoms with Crippen LogP contribution in [0.4, 0.5) is 0 Å². The van der Waals surface area contributed by atoms with Crippen LogP contribution in [0.2, 0.25) is 0 Å². The molecule has 2 aliphatic carbocycles. The van der Waals surface area contributed by atoms with Gasteiger partial charge >= 0.3 is 0 Å². The van der Waals surface area contributed by atoms with Gasteiger partial charge in [0, 0.05) is 50.5 Å². The minimum absolute atomic E-state index is 0.0120.